The zero-order chi connectivity index (χ0) is 11.8. The molecule has 0 radical (unpaired) electrons. The van der Waals surface area contributed by atoms with E-state index >= 15 is 0 Å². The predicted molar refractivity (Wildman–Crippen MR) is 71.7 cm³/mol. The van der Waals surface area contributed by atoms with Gasteiger partial charge in [0.25, 0.3) is 0 Å². The lowest BCUT2D eigenvalue weighted by molar-refractivity contribution is 0.553. The maximum absolute atomic E-state index is 4.66. The number of anilines is 1. The van der Waals surface area contributed by atoms with E-state index in [1.807, 2.05) is 18.3 Å². The molecule has 1 aliphatic heterocycles. The van der Waals surface area contributed by atoms with E-state index in [0.29, 0.717) is 6.04 Å². The Balaban J connectivity index is 1.97. The highest BCUT2D eigenvalue weighted by Gasteiger charge is 2.31. The molecule has 1 fully saturated rings. The maximum atomic E-state index is 4.66. The lowest BCUT2D eigenvalue weighted by Gasteiger charge is -2.26. The summed E-state index contributed by atoms with van der Waals surface area (Å²) < 4.78 is 1.80. The van der Waals surface area contributed by atoms with Crippen LogP contribution in [0.4, 0.5) is 5.82 Å². The van der Waals surface area contributed by atoms with Gasteiger partial charge >= 0.3 is 0 Å². The molecule has 2 aromatic rings. The van der Waals surface area contributed by atoms with Gasteiger partial charge in [-0.1, -0.05) is 22.9 Å². The second-order valence-corrected chi connectivity index (χ2v) is 5.25. The quantitative estimate of drug-likeness (QED) is 0.797. The Bertz CT molecular complexity index is 524. The summed E-state index contributed by atoms with van der Waals surface area (Å²) in [6, 6.07) is 4.53. The van der Waals surface area contributed by atoms with Crippen LogP contribution in [0.1, 0.15) is 13.3 Å². The number of halogens is 1. The van der Waals surface area contributed by atoms with Crippen LogP contribution in [0, 0.1) is 5.92 Å². The van der Waals surface area contributed by atoms with E-state index in [4.69, 9.17) is 0 Å². The SMILES string of the molecule is CC1CCN(c2ccn3nccc3n2)C1CBr. The highest BCUT2D eigenvalue weighted by Crippen LogP contribution is 2.29. The first kappa shape index (κ1) is 11.0. The van der Waals surface area contributed by atoms with Gasteiger partial charge in [0.15, 0.2) is 5.65 Å². The van der Waals surface area contributed by atoms with Gasteiger partial charge in [-0.25, -0.2) is 9.50 Å². The van der Waals surface area contributed by atoms with E-state index < -0.39 is 0 Å². The molecule has 5 heteroatoms. The minimum atomic E-state index is 0.549. The largest absolute Gasteiger partial charge is 0.352 e. The molecular formula is C12H15BrN4. The summed E-state index contributed by atoms with van der Waals surface area (Å²) in [6.45, 7) is 3.40. The van der Waals surface area contributed by atoms with Gasteiger partial charge in [-0.3, -0.25) is 0 Å². The smallest absolute Gasteiger partial charge is 0.157 e. The Morgan fingerprint density at radius 3 is 3.18 bits per heavy atom. The molecule has 0 aromatic carbocycles. The van der Waals surface area contributed by atoms with Crippen LogP contribution in [-0.4, -0.2) is 32.5 Å². The minimum absolute atomic E-state index is 0.549. The number of alkyl halides is 1. The summed E-state index contributed by atoms with van der Waals surface area (Å²) in [4.78, 5) is 7.05. The van der Waals surface area contributed by atoms with Crippen LogP contribution in [0.2, 0.25) is 0 Å². The van der Waals surface area contributed by atoms with Gasteiger partial charge in [0.1, 0.15) is 5.82 Å². The normalized spacial score (nSPS) is 24.7. The first-order valence-corrected chi connectivity index (χ1v) is 7.05. The molecular weight excluding hydrogens is 280 g/mol. The van der Waals surface area contributed by atoms with Crippen LogP contribution in [0.5, 0.6) is 0 Å². The van der Waals surface area contributed by atoms with Crippen molar-refractivity contribution in [3.63, 3.8) is 0 Å². The van der Waals surface area contributed by atoms with Crippen molar-refractivity contribution in [2.75, 3.05) is 16.8 Å². The summed E-state index contributed by atoms with van der Waals surface area (Å²) in [6.07, 6.45) is 5.00. The average molecular weight is 295 g/mol. The Hall–Kier alpha value is -1.10. The highest BCUT2D eigenvalue weighted by molar-refractivity contribution is 9.09. The van der Waals surface area contributed by atoms with Crippen LogP contribution in [-0.2, 0) is 0 Å². The summed E-state index contributed by atoms with van der Waals surface area (Å²) in [7, 11) is 0. The van der Waals surface area contributed by atoms with E-state index in [9.17, 15) is 0 Å². The van der Waals surface area contributed by atoms with Crippen LogP contribution in [0.3, 0.4) is 0 Å². The lowest BCUT2D eigenvalue weighted by atomic mass is 10.1. The molecule has 1 aliphatic rings. The van der Waals surface area contributed by atoms with Crippen molar-refractivity contribution in [2.45, 2.75) is 19.4 Å². The zero-order valence-corrected chi connectivity index (χ0v) is 11.3. The van der Waals surface area contributed by atoms with Crippen molar-refractivity contribution < 1.29 is 0 Å². The van der Waals surface area contributed by atoms with Gasteiger partial charge in [0, 0.05) is 30.2 Å². The minimum Gasteiger partial charge on any atom is -0.352 e. The second kappa shape index (κ2) is 4.29. The molecule has 0 spiro atoms. The third-order valence-electron chi connectivity index (χ3n) is 3.58. The molecule has 0 amide bonds. The summed E-state index contributed by atoms with van der Waals surface area (Å²) in [5.41, 5.74) is 0.912. The molecule has 2 unspecified atom stereocenters. The van der Waals surface area contributed by atoms with Crippen molar-refractivity contribution in [1.82, 2.24) is 14.6 Å². The zero-order valence-electron chi connectivity index (χ0n) is 9.75. The average Bonchev–Trinajstić information content (AvgIpc) is 2.93. The van der Waals surface area contributed by atoms with E-state index in [0.717, 1.165) is 29.3 Å². The fourth-order valence-electron chi connectivity index (χ4n) is 2.49. The Morgan fingerprint density at radius 2 is 2.35 bits per heavy atom. The Labute approximate surface area is 109 Å². The summed E-state index contributed by atoms with van der Waals surface area (Å²) >= 11 is 3.61. The Kier molecular flexibility index (Phi) is 2.78. The standard InChI is InChI=1S/C12H15BrN4/c1-9-3-6-16(10(9)8-13)11-4-7-17-12(15-11)2-5-14-17/h2,4-5,7,9-10H,3,6,8H2,1H3. The molecule has 0 N–H and O–H groups in total. The van der Waals surface area contributed by atoms with Crippen molar-refractivity contribution >= 4 is 27.4 Å². The van der Waals surface area contributed by atoms with Gasteiger partial charge in [0.2, 0.25) is 0 Å². The number of rotatable bonds is 2. The van der Waals surface area contributed by atoms with Gasteiger partial charge < -0.3 is 4.90 Å². The number of aromatic nitrogens is 3. The van der Waals surface area contributed by atoms with Gasteiger partial charge in [-0.2, -0.15) is 5.10 Å². The van der Waals surface area contributed by atoms with E-state index in [-0.39, 0.29) is 0 Å². The van der Waals surface area contributed by atoms with Crippen molar-refractivity contribution in [3.05, 3.63) is 24.5 Å². The van der Waals surface area contributed by atoms with E-state index in [2.05, 4.69) is 37.8 Å². The van der Waals surface area contributed by atoms with Crippen molar-refractivity contribution in [1.29, 1.82) is 0 Å². The molecule has 2 atom stereocenters. The molecule has 4 nitrogen and oxygen atoms in total. The maximum Gasteiger partial charge on any atom is 0.157 e. The number of hydrogen-bond acceptors (Lipinski definition) is 3. The molecule has 0 aliphatic carbocycles. The summed E-state index contributed by atoms with van der Waals surface area (Å²) in [5.74, 6) is 1.78. The molecule has 2 aromatic heterocycles. The lowest BCUT2D eigenvalue weighted by Crippen LogP contribution is -2.34. The number of nitrogens with zero attached hydrogens (tertiary/aromatic N) is 4. The van der Waals surface area contributed by atoms with Gasteiger partial charge in [-0.15, -0.1) is 0 Å². The summed E-state index contributed by atoms with van der Waals surface area (Å²) in [5, 5.41) is 5.17. The third kappa shape index (κ3) is 1.82. The topological polar surface area (TPSA) is 33.4 Å². The number of fused-ring (bicyclic) bond motifs is 1. The molecule has 1 saturated heterocycles. The molecule has 90 valence electrons. The highest BCUT2D eigenvalue weighted by atomic mass is 79.9. The molecule has 3 rings (SSSR count). The fourth-order valence-corrected chi connectivity index (χ4v) is 3.48. The molecule has 0 bridgehead atoms. The van der Waals surface area contributed by atoms with Crippen LogP contribution in [0.15, 0.2) is 24.5 Å². The number of hydrogen-bond donors (Lipinski definition) is 0. The monoisotopic (exact) mass is 294 g/mol. The molecule has 0 saturated carbocycles. The van der Waals surface area contributed by atoms with Crippen LogP contribution in [0.25, 0.3) is 5.65 Å². The van der Waals surface area contributed by atoms with Crippen molar-refractivity contribution in [2.24, 2.45) is 5.92 Å². The first-order chi connectivity index (χ1) is 8.29. The fraction of sp³-hybridized carbons (Fsp3) is 0.500. The van der Waals surface area contributed by atoms with Gasteiger partial charge in [-0.05, 0) is 18.4 Å². The first-order valence-electron chi connectivity index (χ1n) is 5.92. The van der Waals surface area contributed by atoms with Crippen molar-refractivity contribution in [3.8, 4) is 0 Å². The van der Waals surface area contributed by atoms with E-state index in [1.54, 1.807) is 10.7 Å². The molecule has 17 heavy (non-hydrogen) atoms. The van der Waals surface area contributed by atoms with Gasteiger partial charge in [0.05, 0.1) is 6.20 Å². The third-order valence-corrected chi connectivity index (χ3v) is 4.24. The second-order valence-electron chi connectivity index (χ2n) is 4.60. The van der Waals surface area contributed by atoms with E-state index in [1.165, 1.54) is 6.42 Å². The van der Waals surface area contributed by atoms with Crippen LogP contribution >= 0.6 is 15.9 Å². The predicted octanol–water partition coefficient (Wildman–Crippen LogP) is 2.34. The van der Waals surface area contributed by atoms with Crippen LogP contribution < -0.4 is 4.90 Å². The molecule has 3 heterocycles. The Morgan fingerprint density at radius 1 is 1.47 bits per heavy atom.